The number of fused-ring (bicyclic) bond motifs is 1. The summed E-state index contributed by atoms with van der Waals surface area (Å²) in [5.74, 6) is 0. The van der Waals surface area contributed by atoms with Gasteiger partial charge in [-0.1, -0.05) is 3.89 Å². The monoisotopic (exact) mass is 203 g/mol. The molecule has 0 amide bonds. The van der Waals surface area contributed by atoms with Crippen LogP contribution in [0.4, 0.5) is 3.89 Å². The van der Waals surface area contributed by atoms with Crippen molar-refractivity contribution >= 4 is 10.2 Å². The fraction of sp³-hybridized carbons (Fsp3) is 0.500. The molecule has 0 bridgehead atoms. The molecule has 1 aliphatic carbocycles. The molecule has 5 heteroatoms. The molecule has 2 rings (SSSR count). The van der Waals surface area contributed by atoms with E-state index in [1.54, 1.807) is 0 Å². The minimum absolute atomic E-state index is 0.292. The molecule has 0 spiro atoms. The minimum Gasteiger partial charge on any atom is -0.347 e. The van der Waals surface area contributed by atoms with Crippen LogP contribution >= 0.6 is 0 Å². The second-order valence-electron chi connectivity index (χ2n) is 3.28. The van der Waals surface area contributed by atoms with E-state index >= 15 is 0 Å². The van der Waals surface area contributed by atoms with Crippen LogP contribution in [-0.4, -0.2) is 13.4 Å². The molecule has 13 heavy (non-hydrogen) atoms. The summed E-state index contributed by atoms with van der Waals surface area (Å²) >= 11 is 0. The number of hydrogen-bond donors (Lipinski definition) is 1. The van der Waals surface area contributed by atoms with Gasteiger partial charge in [0.2, 0.25) is 0 Å². The lowest BCUT2D eigenvalue weighted by atomic mass is 9.98. The first-order chi connectivity index (χ1) is 6.07. The van der Waals surface area contributed by atoms with E-state index in [4.69, 9.17) is 0 Å². The van der Waals surface area contributed by atoms with Crippen LogP contribution in [0.5, 0.6) is 0 Å². The number of aryl methyl sites for hydroxylation is 2. The van der Waals surface area contributed by atoms with Gasteiger partial charge in [0.15, 0.2) is 5.03 Å². The maximum absolute atomic E-state index is 12.5. The molecular formula is C8H10FNO2S. The number of aromatic amines is 1. The normalized spacial score (nSPS) is 17.0. The van der Waals surface area contributed by atoms with E-state index in [0.29, 0.717) is 0 Å². The van der Waals surface area contributed by atoms with Crippen LogP contribution in [0.25, 0.3) is 0 Å². The lowest BCUT2D eigenvalue weighted by molar-refractivity contribution is 0.548. The third-order valence-electron chi connectivity index (χ3n) is 2.35. The van der Waals surface area contributed by atoms with Crippen LogP contribution in [0.15, 0.2) is 11.1 Å². The van der Waals surface area contributed by atoms with E-state index in [0.717, 1.165) is 36.9 Å². The van der Waals surface area contributed by atoms with Gasteiger partial charge >= 0.3 is 10.2 Å². The second kappa shape index (κ2) is 2.83. The molecule has 0 aromatic carbocycles. The summed E-state index contributed by atoms with van der Waals surface area (Å²) in [5, 5.41) is -0.292. The first kappa shape index (κ1) is 8.74. The molecule has 0 saturated heterocycles. The van der Waals surface area contributed by atoms with Crippen LogP contribution in [0.1, 0.15) is 24.1 Å². The Balaban J connectivity index is 2.47. The Kier molecular flexibility index (Phi) is 1.91. The van der Waals surface area contributed by atoms with Gasteiger partial charge in [-0.05, 0) is 37.3 Å². The SMILES string of the molecule is O=S(=O)(F)c1cc2c([nH]1)CCCC2. The number of nitrogens with one attached hydrogen (secondary N) is 1. The summed E-state index contributed by atoms with van der Waals surface area (Å²) in [6.45, 7) is 0. The number of H-pyrrole nitrogens is 1. The Bertz CT molecular complexity index is 398. The average molecular weight is 203 g/mol. The molecule has 1 aromatic heterocycles. The molecule has 0 fully saturated rings. The molecule has 0 radical (unpaired) electrons. The zero-order valence-corrected chi connectivity index (χ0v) is 7.82. The summed E-state index contributed by atoms with van der Waals surface area (Å²) in [7, 11) is -4.55. The predicted molar refractivity (Wildman–Crippen MR) is 45.7 cm³/mol. The summed E-state index contributed by atoms with van der Waals surface area (Å²) in [4.78, 5) is 2.61. The molecule has 1 aliphatic rings. The fourth-order valence-corrected chi connectivity index (χ4v) is 2.23. The minimum atomic E-state index is -4.55. The van der Waals surface area contributed by atoms with Crippen molar-refractivity contribution in [1.29, 1.82) is 0 Å². The van der Waals surface area contributed by atoms with Gasteiger partial charge in [0, 0.05) is 5.69 Å². The summed E-state index contributed by atoms with van der Waals surface area (Å²) in [5.41, 5.74) is 1.82. The van der Waals surface area contributed by atoms with Crippen LogP contribution in [0, 0.1) is 0 Å². The van der Waals surface area contributed by atoms with Crippen molar-refractivity contribution in [2.75, 3.05) is 0 Å². The van der Waals surface area contributed by atoms with Crippen molar-refractivity contribution in [2.24, 2.45) is 0 Å². The predicted octanol–water partition coefficient (Wildman–Crippen LogP) is 1.55. The van der Waals surface area contributed by atoms with Crippen LogP contribution in [-0.2, 0) is 23.1 Å². The summed E-state index contributed by atoms with van der Waals surface area (Å²) < 4.78 is 33.7. The van der Waals surface area contributed by atoms with Gasteiger partial charge in [0.25, 0.3) is 0 Å². The molecule has 1 N–H and O–H groups in total. The average Bonchev–Trinajstić information content (AvgIpc) is 2.45. The lowest BCUT2D eigenvalue weighted by Gasteiger charge is -2.08. The molecular weight excluding hydrogens is 193 g/mol. The Morgan fingerprint density at radius 2 is 2.00 bits per heavy atom. The molecule has 0 saturated carbocycles. The van der Waals surface area contributed by atoms with Crippen molar-refractivity contribution in [1.82, 2.24) is 4.98 Å². The maximum atomic E-state index is 12.5. The molecule has 1 aromatic rings. The number of aromatic nitrogens is 1. The molecule has 0 unspecified atom stereocenters. The van der Waals surface area contributed by atoms with Crippen molar-refractivity contribution in [3.63, 3.8) is 0 Å². The number of halogens is 1. The maximum Gasteiger partial charge on any atom is 0.347 e. The Morgan fingerprint density at radius 1 is 1.31 bits per heavy atom. The fourth-order valence-electron chi connectivity index (χ4n) is 1.71. The van der Waals surface area contributed by atoms with Crippen LogP contribution in [0.2, 0.25) is 0 Å². The zero-order valence-electron chi connectivity index (χ0n) is 7.01. The Labute approximate surface area is 76.2 Å². The largest absolute Gasteiger partial charge is 0.347 e. The topological polar surface area (TPSA) is 49.9 Å². The van der Waals surface area contributed by atoms with Crippen molar-refractivity contribution in [3.05, 3.63) is 17.3 Å². The molecule has 0 aliphatic heterocycles. The summed E-state index contributed by atoms with van der Waals surface area (Å²) in [6.07, 6.45) is 3.77. The van der Waals surface area contributed by atoms with Gasteiger partial charge in [-0.3, -0.25) is 0 Å². The quantitative estimate of drug-likeness (QED) is 0.704. The van der Waals surface area contributed by atoms with Gasteiger partial charge in [0.1, 0.15) is 0 Å². The standard InChI is InChI=1S/C8H10FNO2S/c9-13(11,12)8-5-6-3-1-2-4-7(6)10-8/h5,10H,1-4H2. The van der Waals surface area contributed by atoms with Crippen molar-refractivity contribution < 1.29 is 12.3 Å². The summed E-state index contributed by atoms with van der Waals surface area (Å²) in [6, 6.07) is 1.41. The third-order valence-corrected chi connectivity index (χ3v) is 3.10. The molecule has 3 nitrogen and oxygen atoms in total. The zero-order chi connectivity index (χ0) is 9.47. The van der Waals surface area contributed by atoms with E-state index in [2.05, 4.69) is 4.98 Å². The van der Waals surface area contributed by atoms with Gasteiger partial charge in [-0.2, -0.15) is 8.42 Å². The van der Waals surface area contributed by atoms with Crippen molar-refractivity contribution in [3.8, 4) is 0 Å². The van der Waals surface area contributed by atoms with E-state index in [-0.39, 0.29) is 5.03 Å². The smallest absolute Gasteiger partial charge is 0.347 e. The van der Waals surface area contributed by atoms with Crippen molar-refractivity contribution in [2.45, 2.75) is 30.7 Å². The highest BCUT2D eigenvalue weighted by atomic mass is 32.3. The van der Waals surface area contributed by atoms with E-state index in [1.165, 1.54) is 6.07 Å². The van der Waals surface area contributed by atoms with Gasteiger partial charge in [-0.15, -0.1) is 0 Å². The first-order valence-corrected chi connectivity index (χ1v) is 5.61. The third kappa shape index (κ3) is 1.60. The van der Waals surface area contributed by atoms with E-state index < -0.39 is 10.2 Å². The number of hydrogen-bond acceptors (Lipinski definition) is 2. The highest BCUT2D eigenvalue weighted by Crippen LogP contribution is 2.24. The molecule has 1 heterocycles. The van der Waals surface area contributed by atoms with E-state index in [9.17, 15) is 12.3 Å². The molecule has 72 valence electrons. The van der Waals surface area contributed by atoms with Gasteiger partial charge in [-0.25, -0.2) is 0 Å². The highest BCUT2D eigenvalue weighted by molar-refractivity contribution is 7.86. The number of rotatable bonds is 1. The van der Waals surface area contributed by atoms with Gasteiger partial charge in [0.05, 0.1) is 0 Å². The van der Waals surface area contributed by atoms with Gasteiger partial charge < -0.3 is 4.98 Å². The van der Waals surface area contributed by atoms with E-state index in [1.807, 2.05) is 0 Å². The lowest BCUT2D eigenvalue weighted by Crippen LogP contribution is -1.99. The first-order valence-electron chi connectivity index (χ1n) is 4.23. The van der Waals surface area contributed by atoms with Crippen LogP contribution in [0.3, 0.4) is 0 Å². The highest BCUT2D eigenvalue weighted by Gasteiger charge is 2.19. The second-order valence-corrected chi connectivity index (χ2v) is 4.60. The Hall–Kier alpha value is -0.840. The molecule has 0 atom stereocenters. The Morgan fingerprint density at radius 3 is 2.62 bits per heavy atom. The van der Waals surface area contributed by atoms with Crippen LogP contribution < -0.4 is 0 Å².